The molecule has 3 N–H and O–H groups in total. The summed E-state index contributed by atoms with van der Waals surface area (Å²) < 4.78 is 6.04. The predicted molar refractivity (Wildman–Crippen MR) is 63.5 cm³/mol. The molecule has 0 amide bonds. The van der Waals surface area contributed by atoms with E-state index in [1.54, 1.807) is 7.11 Å². The molecule has 1 aromatic carbocycles. The Kier molecular flexibility index (Phi) is 4.22. The zero-order chi connectivity index (χ0) is 10.6. The molecule has 4 heteroatoms. The van der Waals surface area contributed by atoms with Gasteiger partial charge in [0, 0.05) is 17.6 Å². The first-order valence-electron chi connectivity index (χ1n) is 4.44. The molecule has 0 bridgehead atoms. The summed E-state index contributed by atoms with van der Waals surface area (Å²) >= 11 is 3.40. The van der Waals surface area contributed by atoms with Crippen LogP contribution in [0.25, 0.3) is 0 Å². The highest BCUT2D eigenvalue weighted by Crippen LogP contribution is 2.23. The number of hydrogen-bond acceptors (Lipinski definition) is 3. The monoisotopic (exact) mass is 258 g/mol. The van der Waals surface area contributed by atoms with Gasteiger partial charge in [-0.25, -0.2) is 0 Å². The number of halogens is 1. The summed E-state index contributed by atoms with van der Waals surface area (Å²) in [6.07, 6.45) is 0. The third-order valence-corrected chi connectivity index (χ3v) is 2.33. The van der Waals surface area contributed by atoms with Gasteiger partial charge in [0.2, 0.25) is 0 Å². The molecule has 0 aliphatic heterocycles. The molecule has 14 heavy (non-hydrogen) atoms. The van der Waals surface area contributed by atoms with E-state index in [9.17, 15) is 0 Å². The van der Waals surface area contributed by atoms with Crippen molar-refractivity contribution in [3.63, 3.8) is 0 Å². The number of nitrogen functional groups attached to an aromatic ring is 1. The van der Waals surface area contributed by atoms with Crippen molar-refractivity contribution in [2.24, 2.45) is 0 Å². The Balaban J connectivity index is 2.70. The van der Waals surface area contributed by atoms with Crippen LogP contribution in [-0.2, 0) is 4.74 Å². The summed E-state index contributed by atoms with van der Waals surface area (Å²) in [5, 5.41) is 3.27. The second kappa shape index (κ2) is 5.22. The van der Waals surface area contributed by atoms with Crippen molar-refractivity contribution in [1.82, 2.24) is 0 Å². The number of benzene rings is 1. The van der Waals surface area contributed by atoms with E-state index in [4.69, 9.17) is 10.5 Å². The summed E-state index contributed by atoms with van der Waals surface area (Å²) in [7, 11) is 1.68. The zero-order valence-electron chi connectivity index (χ0n) is 8.38. The molecule has 1 rings (SSSR count). The second-order valence-corrected chi connectivity index (χ2v) is 4.15. The second-order valence-electron chi connectivity index (χ2n) is 3.23. The van der Waals surface area contributed by atoms with Crippen LogP contribution in [0.2, 0.25) is 0 Å². The quantitative estimate of drug-likeness (QED) is 0.816. The van der Waals surface area contributed by atoms with E-state index in [0.717, 1.165) is 15.8 Å². The Bertz CT molecular complexity index is 304. The van der Waals surface area contributed by atoms with Crippen molar-refractivity contribution in [1.29, 1.82) is 0 Å². The van der Waals surface area contributed by atoms with Crippen molar-refractivity contribution in [2.45, 2.75) is 13.0 Å². The zero-order valence-corrected chi connectivity index (χ0v) is 9.97. The lowest BCUT2D eigenvalue weighted by atomic mass is 10.2. The van der Waals surface area contributed by atoms with Gasteiger partial charge in [0.05, 0.1) is 18.0 Å². The normalized spacial score (nSPS) is 12.5. The molecule has 0 aromatic heterocycles. The van der Waals surface area contributed by atoms with Gasteiger partial charge in [0.1, 0.15) is 0 Å². The van der Waals surface area contributed by atoms with Crippen LogP contribution in [0.15, 0.2) is 22.7 Å². The van der Waals surface area contributed by atoms with Crippen LogP contribution in [0.1, 0.15) is 6.92 Å². The topological polar surface area (TPSA) is 47.3 Å². The van der Waals surface area contributed by atoms with Crippen LogP contribution in [0.5, 0.6) is 0 Å². The van der Waals surface area contributed by atoms with Crippen LogP contribution >= 0.6 is 15.9 Å². The standard InChI is InChI=1S/C10H15BrN2O/c1-7(6-14-2)13-10-5-8(11)3-4-9(10)12/h3-5,7,13H,6,12H2,1-2H3/t7-/m1/s1. The average Bonchev–Trinajstić information content (AvgIpc) is 2.12. The van der Waals surface area contributed by atoms with Crippen LogP contribution < -0.4 is 11.1 Å². The molecule has 1 atom stereocenters. The van der Waals surface area contributed by atoms with E-state index in [0.29, 0.717) is 6.61 Å². The number of hydrogen-bond donors (Lipinski definition) is 2. The lowest BCUT2D eigenvalue weighted by Gasteiger charge is -2.16. The highest BCUT2D eigenvalue weighted by molar-refractivity contribution is 9.10. The number of nitrogens with one attached hydrogen (secondary N) is 1. The largest absolute Gasteiger partial charge is 0.397 e. The van der Waals surface area contributed by atoms with Crippen molar-refractivity contribution in [3.8, 4) is 0 Å². The molecule has 0 aliphatic rings. The Hall–Kier alpha value is -0.740. The minimum Gasteiger partial charge on any atom is -0.397 e. The molecular weight excluding hydrogens is 244 g/mol. The molecule has 0 spiro atoms. The van der Waals surface area contributed by atoms with Crippen LogP contribution in [0.3, 0.4) is 0 Å². The number of nitrogens with two attached hydrogens (primary N) is 1. The van der Waals surface area contributed by atoms with Crippen LogP contribution in [0.4, 0.5) is 11.4 Å². The molecule has 0 saturated carbocycles. The molecule has 0 fully saturated rings. The fraction of sp³-hybridized carbons (Fsp3) is 0.400. The highest BCUT2D eigenvalue weighted by atomic mass is 79.9. The van der Waals surface area contributed by atoms with Gasteiger partial charge in [0.15, 0.2) is 0 Å². The van der Waals surface area contributed by atoms with Crippen LogP contribution in [-0.4, -0.2) is 19.8 Å². The van der Waals surface area contributed by atoms with Gasteiger partial charge in [-0.05, 0) is 25.1 Å². The van der Waals surface area contributed by atoms with Gasteiger partial charge in [-0.3, -0.25) is 0 Å². The highest BCUT2D eigenvalue weighted by Gasteiger charge is 2.04. The summed E-state index contributed by atoms with van der Waals surface area (Å²) in [6.45, 7) is 2.70. The average molecular weight is 259 g/mol. The third kappa shape index (κ3) is 3.20. The molecule has 0 heterocycles. The van der Waals surface area contributed by atoms with Gasteiger partial charge in [-0.2, -0.15) is 0 Å². The van der Waals surface area contributed by atoms with E-state index in [1.807, 2.05) is 25.1 Å². The fourth-order valence-corrected chi connectivity index (χ4v) is 1.57. The molecule has 0 aliphatic carbocycles. The first-order valence-corrected chi connectivity index (χ1v) is 5.23. The SMILES string of the molecule is COC[C@@H](C)Nc1cc(Br)ccc1N. The van der Waals surface area contributed by atoms with E-state index in [2.05, 4.69) is 21.2 Å². The number of methoxy groups -OCH3 is 1. The minimum atomic E-state index is 0.247. The summed E-state index contributed by atoms with van der Waals surface area (Å²) in [4.78, 5) is 0. The maximum absolute atomic E-state index is 5.81. The Morgan fingerprint density at radius 1 is 1.57 bits per heavy atom. The smallest absolute Gasteiger partial charge is 0.0661 e. The number of anilines is 2. The van der Waals surface area contributed by atoms with E-state index < -0.39 is 0 Å². The van der Waals surface area contributed by atoms with Crippen molar-refractivity contribution < 1.29 is 4.74 Å². The Labute approximate surface area is 92.8 Å². The third-order valence-electron chi connectivity index (χ3n) is 1.83. The number of rotatable bonds is 4. The minimum absolute atomic E-state index is 0.247. The molecule has 0 radical (unpaired) electrons. The Morgan fingerprint density at radius 2 is 2.29 bits per heavy atom. The van der Waals surface area contributed by atoms with Crippen molar-refractivity contribution in [3.05, 3.63) is 22.7 Å². The fourth-order valence-electron chi connectivity index (χ4n) is 1.21. The first kappa shape index (κ1) is 11.3. The molecule has 78 valence electrons. The molecule has 0 saturated heterocycles. The van der Waals surface area contributed by atoms with Gasteiger partial charge < -0.3 is 15.8 Å². The molecule has 3 nitrogen and oxygen atoms in total. The maximum Gasteiger partial charge on any atom is 0.0661 e. The summed E-state index contributed by atoms with van der Waals surface area (Å²) in [5.74, 6) is 0. The first-order chi connectivity index (χ1) is 6.63. The van der Waals surface area contributed by atoms with Gasteiger partial charge in [-0.15, -0.1) is 0 Å². The number of ether oxygens (including phenoxy) is 1. The van der Waals surface area contributed by atoms with Crippen LogP contribution in [0, 0.1) is 0 Å². The Morgan fingerprint density at radius 3 is 2.93 bits per heavy atom. The van der Waals surface area contributed by atoms with Gasteiger partial charge in [-0.1, -0.05) is 15.9 Å². The predicted octanol–water partition coefficient (Wildman–Crippen LogP) is 2.48. The van der Waals surface area contributed by atoms with Crippen molar-refractivity contribution in [2.75, 3.05) is 24.8 Å². The van der Waals surface area contributed by atoms with Gasteiger partial charge >= 0.3 is 0 Å². The molecular formula is C10H15BrN2O. The van der Waals surface area contributed by atoms with E-state index in [-0.39, 0.29) is 6.04 Å². The maximum atomic E-state index is 5.81. The molecule has 0 unspecified atom stereocenters. The van der Waals surface area contributed by atoms with Gasteiger partial charge in [0.25, 0.3) is 0 Å². The van der Waals surface area contributed by atoms with Crippen molar-refractivity contribution >= 4 is 27.3 Å². The lowest BCUT2D eigenvalue weighted by molar-refractivity contribution is 0.190. The lowest BCUT2D eigenvalue weighted by Crippen LogP contribution is -2.21. The summed E-state index contributed by atoms with van der Waals surface area (Å²) in [6, 6.07) is 5.99. The summed E-state index contributed by atoms with van der Waals surface area (Å²) in [5.41, 5.74) is 7.49. The van der Waals surface area contributed by atoms with E-state index >= 15 is 0 Å². The molecule has 1 aromatic rings. The van der Waals surface area contributed by atoms with E-state index in [1.165, 1.54) is 0 Å².